The molecule has 0 aliphatic carbocycles. The molecule has 17 heavy (non-hydrogen) atoms. The molecule has 0 aromatic heterocycles. The van der Waals surface area contributed by atoms with E-state index in [0.29, 0.717) is 16.4 Å². The molecule has 0 heterocycles. The monoisotopic (exact) mass is 252 g/mol. The van der Waals surface area contributed by atoms with Gasteiger partial charge in [-0.05, 0) is 48.5 Å². The summed E-state index contributed by atoms with van der Waals surface area (Å²) in [6.45, 7) is 0. The van der Waals surface area contributed by atoms with E-state index in [0.717, 1.165) is 0 Å². The average Bonchev–Trinajstić information content (AvgIpc) is 2.33. The fraction of sp³-hybridized carbons (Fsp3) is 0. The van der Waals surface area contributed by atoms with Crippen molar-refractivity contribution in [3.05, 3.63) is 54.3 Å². The van der Waals surface area contributed by atoms with Crippen molar-refractivity contribution in [1.29, 1.82) is 0 Å². The van der Waals surface area contributed by atoms with Crippen molar-refractivity contribution >= 4 is 11.1 Å². The molecule has 0 amide bonds. The molecule has 1 unspecified atom stereocenters. The topological polar surface area (TPSA) is 46.5 Å². The molecule has 0 spiro atoms. The van der Waals surface area contributed by atoms with Crippen LogP contribution in [0.2, 0.25) is 0 Å². The van der Waals surface area contributed by atoms with Gasteiger partial charge in [-0.15, -0.1) is 0 Å². The van der Waals surface area contributed by atoms with E-state index in [1.165, 1.54) is 36.4 Å². The predicted molar refractivity (Wildman–Crippen MR) is 62.0 cm³/mol. The van der Waals surface area contributed by atoms with Gasteiger partial charge < -0.3 is 9.29 Å². The van der Waals surface area contributed by atoms with Crippen LogP contribution < -0.4 is 4.74 Å². The molecule has 88 valence electrons. The second-order valence-electron chi connectivity index (χ2n) is 3.28. The SMILES string of the molecule is O=S(O)c1ccc(Oc2ccc(F)cc2)cc1. The average molecular weight is 252 g/mol. The Bertz CT molecular complexity index is 522. The number of hydrogen-bond acceptors (Lipinski definition) is 2. The standard InChI is InChI=1S/C12H9FO3S/c13-9-1-3-10(4-2-9)16-11-5-7-12(8-6-11)17(14)15/h1-8H,(H,14,15). The molecule has 0 bridgehead atoms. The lowest BCUT2D eigenvalue weighted by Gasteiger charge is -2.05. The summed E-state index contributed by atoms with van der Waals surface area (Å²) in [6.07, 6.45) is 0. The number of benzene rings is 2. The molecule has 2 aromatic rings. The Morgan fingerprint density at radius 3 is 1.88 bits per heavy atom. The third-order valence-corrected chi connectivity index (χ3v) is 2.75. The van der Waals surface area contributed by atoms with Crippen LogP contribution in [0.5, 0.6) is 11.5 Å². The van der Waals surface area contributed by atoms with Gasteiger partial charge >= 0.3 is 0 Å². The zero-order valence-electron chi connectivity index (χ0n) is 8.67. The summed E-state index contributed by atoms with van der Waals surface area (Å²) in [5.74, 6) is 0.693. The smallest absolute Gasteiger partial charge is 0.186 e. The van der Waals surface area contributed by atoms with Gasteiger partial charge in [-0.3, -0.25) is 0 Å². The molecular formula is C12H9FO3S. The van der Waals surface area contributed by atoms with Crippen LogP contribution in [0, 0.1) is 5.82 Å². The van der Waals surface area contributed by atoms with Crippen LogP contribution in [0.3, 0.4) is 0 Å². The van der Waals surface area contributed by atoms with Crippen molar-refractivity contribution in [2.75, 3.05) is 0 Å². The van der Waals surface area contributed by atoms with Crippen molar-refractivity contribution in [2.45, 2.75) is 4.90 Å². The first-order valence-corrected chi connectivity index (χ1v) is 5.90. The minimum atomic E-state index is -1.99. The van der Waals surface area contributed by atoms with Crippen LogP contribution >= 0.6 is 0 Å². The van der Waals surface area contributed by atoms with Gasteiger partial charge in [-0.1, -0.05) is 0 Å². The highest BCUT2D eigenvalue weighted by molar-refractivity contribution is 7.79. The van der Waals surface area contributed by atoms with Gasteiger partial charge in [0.2, 0.25) is 0 Å². The number of hydrogen-bond donors (Lipinski definition) is 1. The van der Waals surface area contributed by atoms with Crippen molar-refractivity contribution in [3.63, 3.8) is 0 Å². The van der Waals surface area contributed by atoms with Crippen LogP contribution in [0.15, 0.2) is 53.4 Å². The Kier molecular flexibility index (Phi) is 3.51. The van der Waals surface area contributed by atoms with Gasteiger partial charge in [0.15, 0.2) is 11.1 Å². The summed E-state index contributed by atoms with van der Waals surface area (Å²) < 4.78 is 37.6. The molecule has 5 heteroatoms. The van der Waals surface area contributed by atoms with Crippen LogP contribution in [0.25, 0.3) is 0 Å². The van der Waals surface area contributed by atoms with Crippen molar-refractivity contribution in [2.24, 2.45) is 0 Å². The van der Waals surface area contributed by atoms with E-state index in [1.54, 1.807) is 12.1 Å². The van der Waals surface area contributed by atoms with E-state index in [2.05, 4.69) is 0 Å². The van der Waals surface area contributed by atoms with Gasteiger partial charge in [-0.2, -0.15) is 0 Å². The second kappa shape index (κ2) is 5.07. The van der Waals surface area contributed by atoms with Crippen LogP contribution in [-0.2, 0) is 11.1 Å². The van der Waals surface area contributed by atoms with E-state index in [9.17, 15) is 8.60 Å². The van der Waals surface area contributed by atoms with Gasteiger partial charge in [-0.25, -0.2) is 8.60 Å². The van der Waals surface area contributed by atoms with Gasteiger partial charge in [0, 0.05) is 0 Å². The third-order valence-electron chi connectivity index (χ3n) is 2.07. The van der Waals surface area contributed by atoms with Crippen LogP contribution in [-0.4, -0.2) is 8.76 Å². The lowest BCUT2D eigenvalue weighted by Crippen LogP contribution is -1.89. The molecule has 3 nitrogen and oxygen atoms in total. The largest absolute Gasteiger partial charge is 0.457 e. The summed E-state index contributed by atoms with van der Waals surface area (Å²) in [6, 6.07) is 11.8. The molecule has 0 radical (unpaired) electrons. The maximum atomic E-state index is 12.7. The van der Waals surface area contributed by atoms with Crippen molar-refractivity contribution < 1.29 is 17.9 Å². The second-order valence-corrected chi connectivity index (χ2v) is 4.25. The Morgan fingerprint density at radius 1 is 0.941 bits per heavy atom. The molecule has 1 N–H and O–H groups in total. The van der Waals surface area contributed by atoms with E-state index in [1.807, 2.05) is 0 Å². The van der Waals surface area contributed by atoms with Gasteiger partial charge in [0.25, 0.3) is 0 Å². The first-order valence-electron chi connectivity index (χ1n) is 4.79. The van der Waals surface area contributed by atoms with Crippen molar-refractivity contribution in [3.8, 4) is 11.5 Å². The number of rotatable bonds is 3. The number of ether oxygens (including phenoxy) is 1. The van der Waals surface area contributed by atoms with E-state index < -0.39 is 11.1 Å². The summed E-state index contributed by atoms with van der Waals surface area (Å²) in [7, 11) is 0. The summed E-state index contributed by atoms with van der Waals surface area (Å²) >= 11 is -1.99. The third kappa shape index (κ3) is 3.12. The maximum absolute atomic E-state index is 12.7. The van der Waals surface area contributed by atoms with E-state index in [-0.39, 0.29) is 5.82 Å². The Hall–Kier alpha value is -1.72. The fourth-order valence-electron chi connectivity index (χ4n) is 1.26. The first-order chi connectivity index (χ1) is 8.15. The Balaban J connectivity index is 2.13. The molecular weight excluding hydrogens is 243 g/mol. The minimum Gasteiger partial charge on any atom is -0.457 e. The first kappa shape index (κ1) is 11.8. The van der Waals surface area contributed by atoms with E-state index in [4.69, 9.17) is 9.29 Å². The lowest BCUT2D eigenvalue weighted by atomic mass is 10.3. The Labute approximate surface area is 100 Å². The van der Waals surface area contributed by atoms with Gasteiger partial charge in [0.1, 0.15) is 17.3 Å². The predicted octanol–water partition coefficient (Wildman–Crippen LogP) is 3.20. The summed E-state index contributed by atoms with van der Waals surface area (Å²) in [5.41, 5.74) is 0. The highest BCUT2D eigenvalue weighted by Crippen LogP contribution is 2.22. The molecule has 0 aliphatic heterocycles. The molecule has 2 rings (SSSR count). The zero-order valence-corrected chi connectivity index (χ0v) is 9.49. The quantitative estimate of drug-likeness (QED) is 0.853. The highest BCUT2D eigenvalue weighted by Gasteiger charge is 2.01. The maximum Gasteiger partial charge on any atom is 0.186 e. The lowest BCUT2D eigenvalue weighted by molar-refractivity contribution is 0.480. The van der Waals surface area contributed by atoms with E-state index >= 15 is 0 Å². The molecule has 2 aromatic carbocycles. The highest BCUT2D eigenvalue weighted by atomic mass is 32.2. The summed E-state index contributed by atoms with van der Waals surface area (Å²) in [5, 5.41) is 0. The number of halogens is 1. The summed E-state index contributed by atoms with van der Waals surface area (Å²) in [4.78, 5) is 0.302. The van der Waals surface area contributed by atoms with Crippen molar-refractivity contribution in [1.82, 2.24) is 0 Å². The normalized spacial score (nSPS) is 12.1. The van der Waals surface area contributed by atoms with Crippen LogP contribution in [0.1, 0.15) is 0 Å². The van der Waals surface area contributed by atoms with Gasteiger partial charge in [0.05, 0.1) is 4.90 Å². The van der Waals surface area contributed by atoms with Crippen LogP contribution in [0.4, 0.5) is 4.39 Å². The molecule has 1 atom stereocenters. The molecule has 0 fully saturated rings. The molecule has 0 saturated heterocycles. The minimum absolute atomic E-state index is 0.302. The molecule has 0 saturated carbocycles. The Morgan fingerprint density at radius 2 is 1.41 bits per heavy atom. The molecule has 0 aliphatic rings. The zero-order chi connectivity index (χ0) is 12.3. The fourth-order valence-corrected chi connectivity index (χ4v) is 1.63.